The average molecular weight is 505 g/mol. The molecule has 3 aromatic heterocycles. The molecule has 1 N–H and O–H groups in total. The van der Waals surface area contributed by atoms with Crippen LogP contribution in [-0.4, -0.2) is 67.7 Å². The largest absolute Gasteiger partial charge is 0.494 e. The topological polar surface area (TPSA) is 103 Å². The van der Waals surface area contributed by atoms with E-state index in [0.717, 1.165) is 29.7 Å². The number of fused-ring (bicyclic) bond motifs is 2. The predicted molar refractivity (Wildman–Crippen MR) is 140 cm³/mol. The third-order valence-corrected chi connectivity index (χ3v) is 6.42. The maximum absolute atomic E-state index is 13.5. The first-order valence-corrected chi connectivity index (χ1v) is 12.4. The van der Waals surface area contributed by atoms with Crippen molar-refractivity contribution in [3.8, 4) is 17.3 Å². The summed E-state index contributed by atoms with van der Waals surface area (Å²) < 4.78 is 14.9. The number of carbonyl (C=O) groups is 2. The lowest BCUT2D eigenvalue weighted by molar-refractivity contribution is 0.0452. The molecule has 1 saturated heterocycles. The van der Waals surface area contributed by atoms with Gasteiger partial charge in [0.2, 0.25) is 0 Å². The molecule has 0 saturated carbocycles. The Morgan fingerprint density at radius 3 is 2.70 bits per heavy atom. The summed E-state index contributed by atoms with van der Waals surface area (Å²) in [5.41, 5.74) is 2.90. The molecule has 1 unspecified atom stereocenters. The van der Waals surface area contributed by atoms with Crippen LogP contribution in [0.3, 0.4) is 0 Å². The van der Waals surface area contributed by atoms with Crippen molar-refractivity contribution in [3.05, 3.63) is 48.3 Å². The van der Waals surface area contributed by atoms with Crippen molar-refractivity contribution in [1.82, 2.24) is 29.2 Å². The van der Waals surface area contributed by atoms with Crippen LogP contribution in [0.25, 0.3) is 28.2 Å². The summed E-state index contributed by atoms with van der Waals surface area (Å²) in [7, 11) is 3.50. The van der Waals surface area contributed by atoms with Crippen LogP contribution in [0.15, 0.2) is 42.7 Å². The van der Waals surface area contributed by atoms with Crippen molar-refractivity contribution in [3.63, 3.8) is 0 Å². The van der Waals surface area contributed by atoms with E-state index in [1.165, 1.54) is 0 Å². The van der Waals surface area contributed by atoms with Gasteiger partial charge in [-0.25, -0.2) is 14.8 Å². The molecule has 0 radical (unpaired) electrons. The van der Waals surface area contributed by atoms with Gasteiger partial charge in [0.25, 0.3) is 5.91 Å². The van der Waals surface area contributed by atoms with Gasteiger partial charge in [0.1, 0.15) is 28.2 Å². The third kappa shape index (κ3) is 4.96. The summed E-state index contributed by atoms with van der Waals surface area (Å²) in [6.07, 6.45) is 4.97. The Morgan fingerprint density at radius 2 is 1.97 bits per heavy atom. The number of benzene rings is 1. The van der Waals surface area contributed by atoms with Crippen molar-refractivity contribution in [1.29, 1.82) is 0 Å². The fourth-order valence-corrected chi connectivity index (χ4v) is 4.80. The Bertz CT molecular complexity index is 1450. The number of carbonyl (C=O) groups excluding carboxylic acids is 2. The second-order valence-corrected chi connectivity index (χ2v) is 10.4. The molecule has 1 aliphatic heterocycles. The number of imidazole rings is 2. The SMILES string of the molecule is COc1cc(C(=O)N2CCCC(NC(=O)OC(C)(C)C)C2)cc2nc(-c3cn4ccccc4n3)n(C)c12. The number of hydrogen-bond donors (Lipinski definition) is 1. The minimum atomic E-state index is -0.578. The molecular weight excluding hydrogens is 472 g/mol. The Morgan fingerprint density at radius 1 is 1.16 bits per heavy atom. The minimum Gasteiger partial charge on any atom is -0.494 e. The maximum atomic E-state index is 13.5. The van der Waals surface area contributed by atoms with Gasteiger partial charge in [-0.3, -0.25) is 4.79 Å². The lowest BCUT2D eigenvalue weighted by Gasteiger charge is -2.33. The number of aromatic nitrogens is 4. The van der Waals surface area contributed by atoms with E-state index in [1.807, 2.05) is 67.4 Å². The molecule has 10 heteroatoms. The monoisotopic (exact) mass is 504 g/mol. The van der Waals surface area contributed by atoms with Crippen LogP contribution in [-0.2, 0) is 11.8 Å². The summed E-state index contributed by atoms with van der Waals surface area (Å²) >= 11 is 0. The summed E-state index contributed by atoms with van der Waals surface area (Å²) in [5.74, 6) is 1.11. The predicted octanol–water partition coefficient (Wildman–Crippen LogP) is 4.03. The molecule has 37 heavy (non-hydrogen) atoms. The first-order chi connectivity index (χ1) is 17.6. The van der Waals surface area contributed by atoms with E-state index in [1.54, 1.807) is 24.1 Å². The van der Waals surface area contributed by atoms with Crippen LogP contribution in [0, 0.1) is 0 Å². The van der Waals surface area contributed by atoms with E-state index in [2.05, 4.69) is 5.32 Å². The normalized spacial score (nSPS) is 16.2. The zero-order valence-corrected chi connectivity index (χ0v) is 21.8. The molecule has 2 amide bonds. The number of methoxy groups -OCH3 is 1. The van der Waals surface area contributed by atoms with Crippen molar-refractivity contribution >= 4 is 28.7 Å². The first-order valence-electron chi connectivity index (χ1n) is 12.4. The third-order valence-electron chi connectivity index (χ3n) is 6.42. The van der Waals surface area contributed by atoms with Gasteiger partial charge in [-0.15, -0.1) is 0 Å². The molecule has 1 aromatic carbocycles. The number of rotatable bonds is 4. The fourth-order valence-electron chi connectivity index (χ4n) is 4.80. The highest BCUT2D eigenvalue weighted by Gasteiger charge is 2.28. The van der Waals surface area contributed by atoms with Gasteiger partial charge in [0.15, 0.2) is 5.82 Å². The molecule has 4 aromatic rings. The van der Waals surface area contributed by atoms with Crippen molar-refractivity contribution < 1.29 is 19.1 Å². The number of nitrogens with one attached hydrogen (secondary N) is 1. The highest BCUT2D eigenvalue weighted by Crippen LogP contribution is 2.32. The molecule has 0 spiro atoms. The molecule has 10 nitrogen and oxygen atoms in total. The Balaban J connectivity index is 1.42. The number of likely N-dealkylation sites (tertiary alicyclic amines) is 1. The minimum absolute atomic E-state index is 0.129. The van der Waals surface area contributed by atoms with Crippen LogP contribution in [0.2, 0.25) is 0 Å². The number of hydrogen-bond acceptors (Lipinski definition) is 6. The van der Waals surface area contributed by atoms with E-state index in [-0.39, 0.29) is 11.9 Å². The van der Waals surface area contributed by atoms with Gasteiger partial charge in [-0.05, 0) is 57.9 Å². The lowest BCUT2D eigenvalue weighted by Crippen LogP contribution is -2.50. The molecule has 5 rings (SSSR count). The van der Waals surface area contributed by atoms with Crippen molar-refractivity contribution in [2.24, 2.45) is 7.05 Å². The van der Waals surface area contributed by atoms with Gasteiger partial charge < -0.3 is 28.7 Å². The fraction of sp³-hybridized carbons (Fsp3) is 0.407. The molecule has 4 heterocycles. The first kappa shape index (κ1) is 24.6. The smallest absolute Gasteiger partial charge is 0.407 e. The summed E-state index contributed by atoms with van der Waals surface area (Å²) in [6, 6.07) is 9.20. The number of pyridine rings is 1. The maximum Gasteiger partial charge on any atom is 0.407 e. The Labute approximate surface area is 215 Å². The molecule has 194 valence electrons. The number of piperidine rings is 1. The number of alkyl carbamates (subject to hydrolysis) is 1. The van der Waals surface area contributed by atoms with Crippen LogP contribution < -0.4 is 10.1 Å². The highest BCUT2D eigenvalue weighted by molar-refractivity contribution is 6.00. The summed E-state index contributed by atoms with van der Waals surface area (Å²) in [6.45, 7) is 6.49. The van der Waals surface area contributed by atoms with E-state index in [0.29, 0.717) is 35.7 Å². The Hall–Kier alpha value is -4.08. The van der Waals surface area contributed by atoms with Crippen LogP contribution in [0.5, 0.6) is 5.75 Å². The molecule has 1 atom stereocenters. The second kappa shape index (κ2) is 9.42. The highest BCUT2D eigenvalue weighted by atomic mass is 16.6. The van der Waals surface area contributed by atoms with Crippen molar-refractivity contribution in [2.45, 2.75) is 45.3 Å². The van der Waals surface area contributed by atoms with Gasteiger partial charge in [0.05, 0.1) is 12.6 Å². The van der Waals surface area contributed by atoms with E-state index < -0.39 is 11.7 Å². The average Bonchev–Trinajstić information content (AvgIpc) is 3.43. The second-order valence-electron chi connectivity index (χ2n) is 10.4. The van der Waals surface area contributed by atoms with Crippen molar-refractivity contribution in [2.75, 3.05) is 20.2 Å². The lowest BCUT2D eigenvalue weighted by atomic mass is 10.0. The van der Waals surface area contributed by atoms with E-state index in [9.17, 15) is 9.59 Å². The molecule has 1 fully saturated rings. The van der Waals surface area contributed by atoms with Gasteiger partial charge in [-0.2, -0.15) is 0 Å². The van der Waals surface area contributed by atoms with Crippen LogP contribution in [0.4, 0.5) is 4.79 Å². The molecule has 1 aliphatic rings. The number of ether oxygens (including phenoxy) is 2. The number of nitrogens with zero attached hydrogens (tertiary/aromatic N) is 5. The van der Waals surface area contributed by atoms with E-state index in [4.69, 9.17) is 19.4 Å². The van der Waals surface area contributed by atoms with Crippen LogP contribution >= 0.6 is 0 Å². The molecule has 0 bridgehead atoms. The zero-order chi connectivity index (χ0) is 26.3. The van der Waals surface area contributed by atoms with Gasteiger partial charge in [-0.1, -0.05) is 6.07 Å². The van der Waals surface area contributed by atoms with E-state index >= 15 is 0 Å². The number of aryl methyl sites for hydroxylation is 1. The quantitative estimate of drug-likeness (QED) is 0.450. The molecular formula is C27H32N6O4. The Kier molecular flexibility index (Phi) is 6.26. The van der Waals surface area contributed by atoms with Gasteiger partial charge >= 0.3 is 6.09 Å². The standard InChI is InChI=1S/C27H32N6O4/c1-27(2,3)37-26(35)28-18-9-8-12-33(15-18)25(34)17-13-19-23(21(14-17)36-5)31(4)24(30-19)20-16-32-11-7-6-10-22(32)29-20/h6-7,10-11,13-14,16,18H,8-9,12,15H2,1-5H3,(H,28,35). The van der Waals surface area contributed by atoms with Gasteiger partial charge in [0, 0.05) is 44.1 Å². The van der Waals surface area contributed by atoms with Crippen LogP contribution in [0.1, 0.15) is 44.0 Å². The summed E-state index contributed by atoms with van der Waals surface area (Å²) in [5, 5.41) is 2.90. The number of amides is 2. The summed E-state index contributed by atoms with van der Waals surface area (Å²) in [4.78, 5) is 37.1. The molecule has 0 aliphatic carbocycles. The zero-order valence-electron chi connectivity index (χ0n) is 21.8.